The van der Waals surface area contributed by atoms with E-state index in [1.165, 1.54) is 57.8 Å². The number of rotatable bonds is 4. The van der Waals surface area contributed by atoms with Gasteiger partial charge in [0, 0.05) is 11.6 Å². The van der Waals surface area contributed by atoms with E-state index in [0.717, 1.165) is 5.92 Å². The topological polar surface area (TPSA) is 29.3 Å². The van der Waals surface area contributed by atoms with Crippen LogP contribution in [0.5, 0.6) is 0 Å². The molecule has 2 aliphatic rings. The summed E-state index contributed by atoms with van der Waals surface area (Å²) in [4.78, 5) is 2.42. The number of hydrogen-bond donors (Lipinski definition) is 1. The van der Waals surface area contributed by atoms with Crippen molar-refractivity contribution in [2.75, 3.05) is 14.1 Å². The van der Waals surface area contributed by atoms with Gasteiger partial charge in [0.25, 0.3) is 0 Å². The van der Waals surface area contributed by atoms with E-state index >= 15 is 0 Å². The maximum Gasteiger partial charge on any atom is 0.0354 e. The van der Waals surface area contributed by atoms with Gasteiger partial charge in [-0.05, 0) is 39.3 Å². The minimum absolute atomic E-state index is 0.322. The van der Waals surface area contributed by atoms with Crippen molar-refractivity contribution in [3.05, 3.63) is 0 Å². The van der Waals surface area contributed by atoms with E-state index in [0.29, 0.717) is 11.6 Å². The van der Waals surface area contributed by atoms with Gasteiger partial charge in [0.1, 0.15) is 0 Å². The highest BCUT2D eigenvalue weighted by Crippen LogP contribution is 2.39. The summed E-state index contributed by atoms with van der Waals surface area (Å²) in [5, 5.41) is 0. The monoisotopic (exact) mass is 224 g/mol. The summed E-state index contributed by atoms with van der Waals surface area (Å²) in [5.41, 5.74) is 6.88. The molecule has 0 radical (unpaired) electrons. The molecule has 2 aliphatic carbocycles. The molecule has 2 nitrogen and oxygen atoms in total. The van der Waals surface area contributed by atoms with Gasteiger partial charge in [0.05, 0.1) is 0 Å². The van der Waals surface area contributed by atoms with Crippen LogP contribution < -0.4 is 5.73 Å². The Morgan fingerprint density at radius 2 is 1.69 bits per heavy atom. The first-order chi connectivity index (χ1) is 7.65. The second-order valence-corrected chi connectivity index (χ2v) is 6.20. The van der Waals surface area contributed by atoms with Crippen molar-refractivity contribution >= 4 is 0 Å². The third-order valence-electron chi connectivity index (χ3n) is 5.11. The number of nitrogens with zero attached hydrogens (tertiary/aromatic N) is 1. The Balaban J connectivity index is 1.96. The molecule has 0 heterocycles. The maximum atomic E-state index is 6.55. The Morgan fingerprint density at radius 3 is 2.19 bits per heavy atom. The van der Waals surface area contributed by atoms with E-state index < -0.39 is 0 Å². The molecule has 1 atom stereocenters. The van der Waals surface area contributed by atoms with Gasteiger partial charge in [-0.15, -0.1) is 0 Å². The fourth-order valence-electron chi connectivity index (χ4n) is 3.96. The molecule has 2 heteroatoms. The molecule has 2 rings (SSSR count). The van der Waals surface area contributed by atoms with Gasteiger partial charge >= 0.3 is 0 Å². The molecule has 0 aromatic rings. The van der Waals surface area contributed by atoms with Gasteiger partial charge in [-0.3, -0.25) is 0 Å². The molecule has 0 aromatic heterocycles. The quantitative estimate of drug-likeness (QED) is 0.795. The van der Waals surface area contributed by atoms with Crippen molar-refractivity contribution in [2.45, 2.75) is 69.4 Å². The second-order valence-electron chi connectivity index (χ2n) is 6.20. The number of hydrogen-bond acceptors (Lipinski definition) is 2. The van der Waals surface area contributed by atoms with Crippen molar-refractivity contribution < 1.29 is 0 Å². The minimum Gasteiger partial charge on any atom is -0.326 e. The minimum atomic E-state index is 0.322. The predicted molar refractivity (Wildman–Crippen MR) is 69.4 cm³/mol. The highest BCUT2D eigenvalue weighted by atomic mass is 15.2. The normalized spacial score (nSPS) is 27.8. The van der Waals surface area contributed by atoms with Crippen LogP contribution in [0.4, 0.5) is 0 Å². The molecule has 0 bridgehead atoms. The zero-order valence-corrected chi connectivity index (χ0v) is 11.0. The Labute approximate surface area is 101 Å². The van der Waals surface area contributed by atoms with Crippen molar-refractivity contribution in [1.82, 2.24) is 4.90 Å². The molecule has 2 fully saturated rings. The lowest BCUT2D eigenvalue weighted by Crippen LogP contribution is -2.56. The first kappa shape index (κ1) is 12.4. The van der Waals surface area contributed by atoms with Crippen molar-refractivity contribution in [3.8, 4) is 0 Å². The average molecular weight is 224 g/mol. The molecule has 0 spiro atoms. The van der Waals surface area contributed by atoms with Crippen molar-refractivity contribution in [2.24, 2.45) is 11.7 Å². The zero-order valence-electron chi connectivity index (χ0n) is 11.0. The van der Waals surface area contributed by atoms with Crippen molar-refractivity contribution in [3.63, 3.8) is 0 Å². The smallest absolute Gasteiger partial charge is 0.0354 e. The van der Waals surface area contributed by atoms with E-state index in [1.54, 1.807) is 0 Å². The molecule has 2 N–H and O–H groups in total. The molecule has 16 heavy (non-hydrogen) atoms. The van der Waals surface area contributed by atoms with Gasteiger partial charge in [0.15, 0.2) is 0 Å². The third-order valence-corrected chi connectivity index (χ3v) is 5.11. The fraction of sp³-hybridized carbons (Fsp3) is 1.00. The molecule has 1 unspecified atom stereocenters. The molecule has 2 saturated carbocycles. The Kier molecular flexibility index (Phi) is 3.91. The van der Waals surface area contributed by atoms with E-state index in [-0.39, 0.29) is 0 Å². The second kappa shape index (κ2) is 5.05. The van der Waals surface area contributed by atoms with Gasteiger partial charge in [-0.1, -0.05) is 38.5 Å². The molecule has 0 amide bonds. The number of nitrogens with two attached hydrogens (primary N) is 1. The highest BCUT2D eigenvalue weighted by Gasteiger charge is 2.42. The van der Waals surface area contributed by atoms with Crippen LogP contribution in [0.1, 0.15) is 57.8 Å². The summed E-state index contributed by atoms with van der Waals surface area (Å²) >= 11 is 0. The van der Waals surface area contributed by atoms with Crippen LogP contribution in [0.3, 0.4) is 0 Å². The molecule has 0 aromatic carbocycles. The van der Waals surface area contributed by atoms with Crippen LogP contribution in [0.25, 0.3) is 0 Å². The highest BCUT2D eigenvalue weighted by molar-refractivity contribution is 5.01. The molecular formula is C14H28N2. The van der Waals surface area contributed by atoms with Crippen molar-refractivity contribution in [1.29, 1.82) is 0 Å². The number of likely N-dealkylation sites (N-methyl/N-ethyl adjacent to an activating group) is 1. The summed E-state index contributed by atoms with van der Waals surface area (Å²) in [6.45, 7) is 0. The molecule has 94 valence electrons. The Hall–Kier alpha value is -0.0800. The van der Waals surface area contributed by atoms with E-state index in [1.807, 2.05) is 0 Å². The molecule has 0 saturated heterocycles. The van der Waals surface area contributed by atoms with Crippen LogP contribution in [0.2, 0.25) is 0 Å². The summed E-state index contributed by atoms with van der Waals surface area (Å²) in [7, 11) is 4.44. The first-order valence-electron chi connectivity index (χ1n) is 7.08. The van der Waals surface area contributed by atoms with Crippen LogP contribution >= 0.6 is 0 Å². The predicted octanol–water partition coefficient (Wildman–Crippen LogP) is 2.77. The molecule has 0 aliphatic heterocycles. The summed E-state index contributed by atoms with van der Waals surface area (Å²) in [6.07, 6.45) is 12.4. The van der Waals surface area contributed by atoms with Gasteiger partial charge < -0.3 is 10.6 Å². The lowest BCUT2D eigenvalue weighted by molar-refractivity contribution is 0.110. The summed E-state index contributed by atoms with van der Waals surface area (Å²) < 4.78 is 0. The van der Waals surface area contributed by atoms with Gasteiger partial charge in [-0.25, -0.2) is 0 Å². The third kappa shape index (κ3) is 2.28. The SMILES string of the molecule is CN(C)C1(C(N)CC2CCCC2)CCCC1. The van der Waals surface area contributed by atoms with Crippen LogP contribution in [0, 0.1) is 5.92 Å². The summed E-state index contributed by atoms with van der Waals surface area (Å²) in [5.74, 6) is 0.924. The largest absolute Gasteiger partial charge is 0.326 e. The van der Waals surface area contributed by atoms with Crippen LogP contribution in [-0.2, 0) is 0 Å². The Bertz CT molecular complexity index is 213. The van der Waals surface area contributed by atoms with E-state index in [2.05, 4.69) is 19.0 Å². The Morgan fingerprint density at radius 1 is 1.12 bits per heavy atom. The fourth-order valence-corrected chi connectivity index (χ4v) is 3.96. The van der Waals surface area contributed by atoms with Crippen LogP contribution in [-0.4, -0.2) is 30.6 Å². The first-order valence-corrected chi connectivity index (χ1v) is 7.08. The van der Waals surface area contributed by atoms with E-state index in [9.17, 15) is 0 Å². The van der Waals surface area contributed by atoms with Gasteiger partial charge in [0.2, 0.25) is 0 Å². The lowest BCUT2D eigenvalue weighted by Gasteiger charge is -2.42. The maximum absolute atomic E-state index is 6.55. The van der Waals surface area contributed by atoms with Gasteiger partial charge in [-0.2, -0.15) is 0 Å². The average Bonchev–Trinajstić information content (AvgIpc) is 2.87. The molecular weight excluding hydrogens is 196 g/mol. The standard InChI is InChI=1S/C14H28N2/c1-16(2)14(9-5-6-10-14)13(15)11-12-7-3-4-8-12/h12-13H,3-11,15H2,1-2H3. The summed E-state index contributed by atoms with van der Waals surface area (Å²) in [6, 6.07) is 0.396. The van der Waals surface area contributed by atoms with Crippen LogP contribution in [0.15, 0.2) is 0 Å². The van der Waals surface area contributed by atoms with E-state index in [4.69, 9.17) is 5.73 Å². The zero-order chi connectivity index (χ0) is 11.6. The lowest BCUT2D eigenvalue weighted by atomic mass is 9.81.